The maximum Gasteiger partial charge on any atom is 0.246 e. The molecule has 116 valence electrons. The van der Waals surface area contributed by atoms with Crippen molar-refractivity contribution in [3.63, 3.8) is 0 Å². The van der Waals surface area contributed by atoms with Crippen molar-refractivity contribution in [2.45, 2.75) is 32.1 Å². The number of nitrogen functional groups attached to an aromatic ring is 1. The first-order valence-electron chi connectivity index (χ1n) is 6.62. The number of rotatable bonds is 8. The standard InChI is InChI=1S/C12H24N4O3S/c1-9(2)8-19-7-5-6-14-20(17,18)11-10(3)16(4)15-12(11)13/h9,14H,5-8H2,1-4H3,(H2,13,15). The minimum Gasteiger partial charge on any atom is -0.381 e. The van der Waals surface area contributed by atoms with E-state index in [0.29, 0.717) is 37.8 Å². The molecule has 3 N–H and O–H groups in total. The molecule has 0 saturated carbocycles. The molecular weight excluding hydrogens is 280 g/mol. The summed E-state index contributed by atoms with van der Waals surface area (Å²) in [6.45, 7) is 7.33. The summed E-state index contributed by atoms with van der Waals surface area (Å²) < 4.78 is 33.6. The quantitative estimate of drug-likeness (QED) is 0.687. The summed E-state index contributed by atoms with van der Waals surface area (Å²) in [5.74, 6) is 0.498. The van der Waals surface area contributed by atoms with E-state index in [1.54, 1.807) is 14.0 Å². The lowest BCUT2D eigenvalue weighted by molar-refractivity contribution is 0.108. The van der Waals surface area contributed by atoms with Gasteiger partial charge in [-0.1, -0.05) is 13.8 Å². The van der Waals surface area contributed by atoms with E-state index in [0.717, 1.165) is 0 Å². The normalized spacial score (nSPS) is 12.2. The molecule has 0 unspecified atom stereocenters. The van der Waals surface area contributed by atoms with E-state index < -0.39 is 10.0 Å². The SMILES string of the molecule is Cc1c(S(=O)(=O)NCCCOCC(C)C)c(N)nn1C. The fourth-order valence-corrected chi connectivity index (χ4v) is 3.11. The van der Waals surface area contributed by atoms with Crippen LogP contribution < -0.4 is 10.5 Å². The zero-order chi connectivity index (χ0) is 15.3. The molecule has 7 nitrogen and oxygen atoms in total. The first-order valence-corrected chi connectivity index (χ1v) is 8.10. The van der Waals surface area contributed by atoms with Gasteiger partial charge in [-0.2, -0.15) is 5.10 Å². The molecule has 1 aromatic rings. The van der Waals surface area contributed by atoms with Crippen LogP contribution in [-0.4, -0.2) is 38.0 Å². The van der Waals surface area contributed by atoms with Crippen molar-refractivity contribution >= 4 is 15.8 Å². The van der Waals surface area contributed by atoms with Crippen molar-refractivity contribution < 1.29 is 13.2 Å². The number of hydrogen-bond acceptors (Lipinski definition) is 5. The molecular formula is C12H24N4O3S. The van der Waals surface area contributed by atoms with E-state index in [9.17, 15) is 8.42 Å². The van der Waals surface area contributed by atoms with Crippen LogP contribution in [0.25, 0.3) is 0 Å². The third-order valence-electron chi connectivity index (χ3n) is 2.78. The van der Waals surface area contributed by atoms with Crippen LogP contribution in [0.4, 0.5) is 5.82 Å². The first kappa shape index (κ1) is 16.9. The van der Waals surface area contributed by atoms with Crippen LogP contribution in [0.5, 0.6) is 0 Å². The molecule has 1 rings (SSSR count). The monoisotopic (exact) mass is 304 g/mol. The van der Waals surface area contributed by atoms with Gasteiger partial charge in [0.25, 0.3) is 0 Å². The van der Waals surface area contributed by atoms with Gasteiger partial charge in [0.1, 0.15) is 4.90 Å². The third kappa shape index (κ3) is 4.46. The van der Waals surface area contributed by atoms with E-state index in [4.69, 9.17) is 10.5 Å². The molecule has 0 spiro atoms. The fraction of sp³-hybridized carbons (Fsp3) is 0.750. The summed E-state index contributed by atoms with van der Waals surface area (Å²) in [7, 11) is -1.96. The second-order valence-electron chi connectivity index (χ2n) is 5.14. The third-order valence-corrected chi connectivity index (χ3v) is 4.41. The Kier molecular flexibility index (Phi) is 5.97. The molecule has 0 bridgehead atoms. The van der Waals surface area contributed by atoms with E-state index in [1.165, 1.54) is 4.68 Å². The lowest BCUT2D eigenvalue weighted by atomic mass is 10.2. The van der Waals surface area contributed by atoms with Crippen LogP contribution in [0.2, 0.25) is 0 Å². The number of nitrogens with two attached hydrogens (primary N) is 1. The number of aryl methyl sites for hydroxylation is 1. The van der Waals surface area contributed by atoms with Gasteiger partial charge in [-0.25, -0.2) is 13.1 Å². The van der Waals surface area contributed by atoms with Crippen LogP contribution in [0.1, 0.15) is 26.0 Å². The molecule has 0 aliphatic rings. The van der Waals surface area contributed by atoms with Crippen molar-refractivity contribution in [3.05, 3.63) is 5.69 Å². The zero-order valence-electron chi connectivity index (χ0n) is 12.5. The summed E-state index contributed by atoms with van der Waals surface area (Å²) in [4.78, 5) is 0.0584. The second-order valence-corrected chi connectivity index (χ2v) is 6.85. The minimum atomic E-state index is -3.62. The molecule has 0 amide bonds. The van der Waals surface area contributed by atoms with Gasteiger partial charge < -0.3 is 10.5 Å². The number of anilines is 1. The number of nitrogens with one attached hydrogen (secondary N) is 1. The highest BCUT2D eigenvalue weighted by molar-refractivity contribution is 7.89. The van der Waals surface area contributed by atoms with Crippen LogP contribution in [-0.2, 0) is 21.8 Å². The van der Waals surface area contributed by atoms with Crippen LogP contribution in [0.3, 0.4) is 0 Å². The van der Waals surface area contributed by atoms with Crippen LogP contribution >= 0.6 is 0 Å². The number of ether oxygens (including phenoxy) is 1. The maximum absolute atomic E-state index is 12.1. The van der Waals surface area contributed by atoms with Gasteiger partial charge in [0.15, 0.2) is 5.82 Å². The Balaban J connectivity index is 2.50. The maximum atomic E-state index is 12.1. The summed E-state index contributed by atoms with van der Waals surface area (Å²) in [6, 6.07) is 0. The lowest BCUT2D eigenvalue weighted by Gasteiger charge is -2.08. The van der Waals surface area contributed by atoms with Gasteiger partial charge >= 0.3 is 0 Å². The molecule has 0 fully saturated rings. The molecule has 0 aromatic carbocycles. The molecule has 1 aromatic heterocycles. The van der Waals surface area contributed by atoms with Crippen molar-refractivity contribution in [2.75, 3.05) is 25.5 Å². The van der Waals surface area contributed by atoms with E-state index >= 15 is 0 Å². The van der Waals surface area contributed by atoms with Crippen molar-refractivity contribution in [1.82, 2.24) is 14.5 Å². The minimum absolute atomic E-state index is 0.0218. The summed E-state index contributed by atoms with van der Waals surface area (Å²) in [5, 5.41) is 3.90. The fourth-order valence-electron chi connectivity index (χ4n) is 1.72. The highest BCUT2D eigenvalue weighted by Crippen LogP contribution is 2.20. The largest absolute Gasteiger partial charge is 0.381 e. The molecule has 20 heavy (non-hydrogen) atoms. The average Bonchev–Trinajstić information content (AvgIpc) is 2.57. The van der Waals surface area contributed by atoms with E-state index in [-0.39, 0.29) is 10.7 Å². The number of nitrogens with zero attached hydrogens (tertiary/aromatic N) is 2. The van der Waals surface area contributed by atoms with Crippen molar-refractivity contribution in [2.24, 2.45) is 13.0 Å². The highest BCUT2D eigenvalue weighted by atomic mass is 32.2. The Hall–Kier alpha value is -1.12. The van der Waals surface area contributed by atoms with Crippen LogP contribution in [0.15, 0.2) is 4.90 Å². The first-order chi connectivity index (χ1) is 9.25. The molecule has 1 heterocycles. The molecule has 0 radical (unpaired) electrons. The molecule has 0 atom stereocenters. The Morgan fingerprint density at radius 2 is 2.10 bits per heavy atom. The predicted molar refractivity (Wildman–Crippen MR) is 77.8 cm³/mol. The summed E-state index contributed by atoms with van der Waals surface area (Å²) in [5.41, 5.74) is 6.16. The highest BCUT2D eigenvalue weighted by Gasteiger charge is 2.23. The molecule has 8 heteroatoms. The Morgan fingerprint density at radius 3 is 2.60 bits per heavy atom. The van der Waals surface area contributed by atoms with Gasteiger partial charge in [0, 0.05) is 26.8 Å². The Morgan fingerprint density at radius 1 is 1.45 bits per heavy atom. The number of sulfonamides is 1. The smallest absolute Gasteiger partial charge is 0.246 e. The molecule has 0 aliphatic carbocycles. The average molecular weight is 304 g/mol. The number of hydrogen-bond donors (Lipinski definition) is 2. The van der Waals surface area contributed by atoms with Gasteiger partial charge in [0.05, 0.1) is 5.69 Å². The van der Waals surface area contributed by atoms with Gasteiger partial charge in [0.2, 0.25) is 10.0 Å². The summed E-state index contributed by atoms with van der Waals surface area (Å²) >= 11 is 0. The second kappa shape index (κ2) is 7.05. The van der Waals surface area contributed by atoms with Crippen molar-refractivity contribution in [3.8, 4) is 0 Å². The van der Waals surface area contributed by atoms with Gasteiger partial charge in [-0.3, -0.25) is 4.68 Å². The number of aromatic nitrogens is 2. The van der Waals surface area contributed by atoms with Gasteiger partial charge in [-0.15, -0.1) is 0 Å². The molecule has 0 saturated heterocycles. The topological polar surface area (TPSA) is 99.2 Å². The Bertz CT molecular complexity index is 537. The van der Waals surface area contributed by atoms with Crippen molar-refractivity contribution in [1.29, 1.82) is 0 Å². The summed E-state index contributed by atoms with van der Waals surface area (Å²) in [6.07, 6.45) is 0.616. The lowest BCUT2D eigenvalue weighted by Crippen LogP contribution is -2.26. The molecule has 0 aliphatic heterocycles. The zero-order valence-corrected chi connectivity index (χ0v) is 13.3. The predicted octanol–water partition coefficient (Wildman–Crippen LogP) is 0.652. The Labute approximate surface area is 120 Å². The van der Waals surface area contributed by atoms with Gasteiger partial charge in [-0.05, 0) is 19.3 Å². The van der Waals surface area contributed by atoms with Crippen LogP contribution in [0, 0.1) is 12.8 Å². The van der Waals surface area contributed by atoms with E-state index in [1.807, 2.05) is 0 Å². The van der Waals surface area contributed by atoms with E-state index in [2.05, 4.69) is 23.7 Å².